The molecule has 0 spiro atoms. The van der Waals surface area contributed by atoms with Crippen LogP contribution in [0.1, 0.15) is 0 Å². The third kappa shape index (κ3) is 62.8. The predicted octanol–water partition coefficient (Wildman–Crippen LogP) is -5.01. The molecule has 12 N–H and O–H groups in total. The third-order valence-corrected chi connectivity index (χ3v) is 0.549. The summed E-state index contributed by atoms with van der Waals surface area (Å²) < 4.78 is 0. The van der Waals surface area contributed by atoms with Gasteiger partial charge in [-0.1, -0.05) is 0 Å². The van der Waals surface area contributed by atoms with Crippen LogP contribution in [0.4, 0.5) is 0 Å². The molecule has 0 saturated heterocycles. The number of carbonyl (C=O) groups is 6. The van der Waals surface area contributed by atoms with Gasteiger partial charge < -0.3 is 47.1 Å². The van der Waals surface area contributed by atoms with Gasteiger partial charge in [-0.05, 0) is 0 Å². The Morgan fingerprint density at radius 3 is 0.391 bits per heavy atom. The number of carboxylic acid groups (broad SMARTS) is 6. The first-order valence-electron chi connectivity index (χ1n) is 3.32. The molecule has 0 unspecified atom stereocenters. The van der Waals surface area contributed by atoms with Gasteiger partial charge in [0.1, 0.15) is 0 Å². The Morgan fingerprint density at radius 2 is 0.391 bits per heavy atom. The fourth-order valence-electron chi connectivity index (χ4n) is 0. The van der Waals surface area contributed by atoms with E-state index in [9.17, 15) is 0 Å². The minimum atomic E-state index is -1.82. The van der Waals surface area contributed by atoms with Crippen LogP contribution >= 0.6 is 0 Å². The molecule has 17 heteroatoms. The summed E-state index contributed by atoms with van der Waals surface area (Å²) in [7, 11) is 0. The molecule has 15 nitrogen and oxygen atoms in total. The molecule has 23 heavy (non-hydrogen) atoms. The fraction of sp³-hybridized carbons (Fsp3) is 0. The largest absolute Gasteiger partial charge is 0.473 e. The Balaban J connectivity index is -0.0000000221. The topological polar surface area (TPSA) is 318 Å². The van der Waals surface area contributed by atoms with Crippen molar-refractivity contribution in [2.45, 2.75) is 0 Å². The fourth-order valence-corrected chi connectivity index (χ4v) is 0. The Hall–Kier alpha value is -1.09. The summed E-state index contributed by atoms with van der Waals surface area (Å²) in [4.78, 5) is 54.6. The monoisotopic (exact) mass is 502 g/mol. The average molecular weight is 502 g/mol. The SMILES string of the molecule is O.O.O.O=C(O)C(=O)O.O=C(O)C(=O)O.O=C(O)C(=O)O.[Y].[Y]. The van der Waals surface area contributed by atoms with Crippen LogP contribution < -0.4 is 0 Å². The third-order valence-electron chi connectivity index (χ3n) is 0.549. The molecule has 0 heterocycles. The van der Waals surface area contributed by atoms with Crippen molar-refractivity contribution < 1.29 is 141 Å². The van der Waals surface area contributed by atoms with Crippen molar-refractivity contribution in [3.63, 3.8) is 0 Å². The maximum atomic E-state index is 9.10. The first-order valence-corrected chi connectivity index (χ1v) is 3.32. The number of hydrogen-bond acceptors (Lipinski definition) is 6. The van der Waals surface area contributed by atoms with E-state index >= 15 is 0 Å². The standard InChI is InChI=1S/3C2H2O4.3H2O.2Y/c3*3-1(4)2(5)6;;;;;/h3*(H,3,4)(H,5,6);3*1H2;;. The molecular weight excluding hydrogens is 490 g/mol. The maximum Gasteiger partial charge on any atom is 0.414 e. The van der Waals surface area contributed by atoms with Crippen LogP contribution in [0.2, 0.25) is 0 Å². The maximum absolute atomic E-state index is 9.10. The van der Waals surface area contributed by atoms with E-state index in [4.69, 9.17) is 59.4 Å². The van der Waals surface area contributed by atoms with Crippen LogP contribution in [0, 0.1) is 0 Å². The number of carboxylic acids is 6. The molecule has 0 amide bonds. The predicted molar refractivity (Wildman–Crippen MR) is 56.7 cm³/mol. The second kappa shape index (κ2) is 29.0. The van der Waals surface area contributed by atoms with Crippen molar-refractivity contribution in [2.75, 3.05) is 0 Å². The average Bonchev–Trinajstić information content (AvgIpc) is 2.18. The van der Waals surface area contributed by atoms with Crippen molar-refractivity contribution in [2.24, 2.45) is 0 Å². The van der Waals surface area contributed by atoms with Crippen LogP contribution in [0.25, 0.3) is 0 Å². The van der Waals surface area contributed by atoms with Gasteiger partial charge in [-0.3, -0.25) is 0 Å². The summed E-state index contributed by atoms with van der Waals surface area (Å²) >= 11 is 0. The quantitative estimate of drug-likeness (QED) is 0.170. The van der Waals surface area contributed by atoms with Gasteiger partial charge >= 0.3 is 35.8 Å². The zero-order valence-corrected chi connectivity index (χ0v) is 16.5. The minimum Gasteiger partial charge on any atom is -0.473 e. The van der Waals surface area contributed by atoms with Gasteiger partial charge in [0.25, 0.3) is 0 Å². The van der Waals surface area contributed by atoms with Crippen molar-refractivity contribution in [1.82, 2.24) is 0 Å². The van der Waals surface area contributed by atoms with Gasteiger partial charge in [-0.2, -0.15) is 0 Å². The van der Waals surface area contributed by atoms with Crippen molar-refractivity contribution in [1.29, 1.82) is 0 Å². The van der Waals surface area contributed by atoms with E-state index in [1.54, 1.807) is 0 Å². The number of aliphatic carboxylic acids is 6. The molecule has 0 aromatic heterocycles. The Morgan fingerprint density at radius 1 is 0.348 bits per heavy atom. The zero-order chi connectivity index (χ0) is 15.5. The van der Waals surface area contributed by atoms with Crippen LogP contribution in [-0.2, 0) is 94.2 Å². The first kappa shape index (κ1) is 49.5. The Kier molecular flexibility index (Phi) is 62.4. The first-order chi connectivity index (χ1) is 7.93. The molecule has 0 bridgehead atoms. The summed E-state index contributed by atoms with van der Waals surface area (Å²) in [6.45, 7) is 0. The van der Waals surface area contributed by atoms with Crippen LogP contribution in [0.5, 0.6) is 0 Å². The van der Waals surface area contributed by atoms with Crippen LogP contribution in [-0.4, -0.2) is 82.9 Å². The second-order valence-corrected chi connectivity index (χ2v) is 1.83. The smallest absolute Gasteiger partial charge is 0.414 e. The van der Waals surface area contributed by atoms with Gasteiger partial charge in [-0.25, -0.2) is 28.8 Å². The van der Waals surface area contributed by atoms with E-state index in [0.29, 0.717) is 0 Å². The van der Waals surface area contributed by atoms with Gasteiger partial charge in [0.05, 0.1) is 0 Å². The molecule has 0 fully saturated rings. The van der Waals surface area contributed by atoms with E-state index < -0.39 is 35.8 Å². The van der Waals surface area contributed by atoms with Crippen LogP contribution in [0.3, 0.4) is 0 Å². The molecule has 0 saturated carbocycles. The van der Waals surface area contributed by atoms with Gasteiger partial charge in [0.15, 0.2) is 0 Å². The molecule has 132 valence electrons. The molecule has 2 radical (unpaired) electrons. The van der Waals surface area contributed by atoms with Crippen molar-refractivity contribution >= 4 is 35.8 Å². The molecule has 0 aromatic carbocycles. The van der Waals surface area contributed by atoms with Crippen LogP contribution in [0.15, 0.2) is 0 Å². The van der Waals surface area contributed by atoms with Crippen molar-refractivity contribution in [3.05, 3.63) is 0 Å². The Labute approximate surface area is 176 Å². The number of hydrogen-bond donors (Lipinski definition) is 6. The normalized spacial score (nSPS) is 5.74. The molecule has 0 aromatic rings. The second-order valence-electron chi connectivity index (χ2n) is 1.83. The molecule has 0 rings (SSSR count). The number of rotatable bonds is 0. The van der Waals surface area contributed by atoms with Crippen molar-refractivity contribution in [3.8, 4) is 0 Å². The van der Waals surface area contributed by atoms with E-state index in [0.717, 1.165) is 0 Å². The van der Waals surface area contributed by atoms with E-state index in [-0.39, 0.29) is 81.8 Å². The summed E-state index contributed by atoms with van der Waals surface area (Å²) in [6.07, 6.45) is 0. The van der Waals surface area contributed by atoms with Gasteiger partial charge in [0, 0.05) is 65.4 Å². The Bertz CT molecular complexity index is 283. The molecular formula is C6H12O15Y2. The summed E-state index contributed by atoms with van der Waals surface area (Å²) in [5, 5.41) is 44.3. The molecule has 0 atom stereocenters. The van der Waals surface area contributed by atoms with E-state index in [1.165, 1.54) is 0 Å². The molecule has 0 aliphatic heterocycles. The minimum absolute atomic E-state index is 0. The summed E-state index contributed by atoms with van der Waals surface area (Å²) in [6, 6.07) is 0. The molecule has 0 aliphatic carbocycles. The summed E-state index contributed by atoms with van der Waals surface area (Å²) in [5.74, 6) is -10.9. The van der Waals surface area contributed by atoms with Gasteiger partial charge in [0.2, 0.25) is 0 Å². The zero-order valence-electron chi connectivity index (χ0n) is 10.8. The summed E-state index contributed by atoms with van der Waals surface area (Å²) in [5.41, 5.74) is 0. The van der Waals surface area contributed by atoms with Gasteiger partial charge in [-0.15, -0.1) is 0 Å². The molecule has 0 aliphatic rings. The van der Waals surface area contributed by atoms with E-state index in [1.807, 2.05) is 0 Å². The van der Waals surface area contributed by atoms with E-state index in [2.05, 4.69) is 0 Å².